The number of hydrogen-bond donors (Lipinski definition) is 2. The summed E-state index contributed by atoms with van der Waals surface area (Å²) in [5, 5.41) is 9.81. The van der Waals surface area contributed by atoms with E-state index >= 15 is 0 Å². The van der Waals surface area contributed by atoms with Crippen LogP contribution in [0.2, 0.25) is 0 Å². The van der Waals surface area contributed by atoms with Crippen LogP contribution in [0.4, 0.5) is 8.78 Å². The molecule has 2 atom stereocenters. The smallest absolute Gasteiger partial charge is 0.129 e. The van der Waals surface area contributed by atoms with Crippen LogP contribution in [-0.2, 0) is 0 Å². The molecular formula is C12H17F2NO. The Labute approximate surface area is 94.1 Å². The van der Waals surface area contributed by atoms with Crippen LogP contribution in [0.1, 0.15) is 31.9 Å². The van der Waals surface area contributed by atoms with E-state index in [1.165, 1.54) is 0 Å². The van der Waals surface area contributed by atoms with Crippen molar-refractivity contribution in [2.24, 2.45) is 11.7 Å². The zero-order chi connectivity index (χ0) is 12.3. The van der Waals surface area contributed by atoms with Gasteiger partial charge in [0.05, 0.1) is 6.10 Å². The zero-order valence-electron chi connectivity index (χ0n) is 9.45. The Morgan fingerprint density at radius 3 is 2.50 bits per heavy atom. The average Bonchev–Trinajstić information content (AvgIpc) is 2.19. The number of hydrogen-bond acceptors (Lipinski definition) is 2. The van der Waals surface area contributed by atoms with Crippen molar-refractivity contribution in [2.75, 3.05) is 0 Å². The summed E-state index contributed by atoms with van der Waals surface area (Å²) in [7, 11) is 0. The lowest BCUT2D eigenvalue weighted by Gasteiger charge is -2.21. The predicted octanol–water partition coefficient (Wildman–Crippen LogP) is 2.37. The van der Waals surface area contributed by atoms with Crippen LogP contribution in [-0.4, -0.2) is 11.1 Å². The number of aliphatic hydroxyl groups is 1. The van der Waals surface area contributed by atoms with Gasteiger partial charge in [0.1, 0.15) is 11.6 Å². The molecule has 1 aromatic carbocycles. The molecule has 0 radical (unpaired) electrons. The van der Waals surface area contributed by atoms with Crippen molar-refractivity contribution in [1.82, 2.24) is 0 Å². The van der Waals surface area contributed by atoms with Gasteiger partial charge in [0.15, 0.2) is 0 Å². The molecule has 0 aliphatic carbocycles. The predicted molar refractivity (Wildman–Crippen MR) is 58.7 cm³/mol. The molecule has 0 saturated carbocycles. The highest BCUT2D eigenvalue weighted by molar-refractivity contribution is 5.22. The lowest BCUT2D eigenvalue weighted by molar-refractivity contribution is 0.131. The van der Waals surface area contributed by atoms with Gasteiger partial charge < -0.3 is 10.8 Å². The van der Waals surface area contributed by atoms with Gasteiger partial charge >= 0.3 is 0 Å². The van der Waals surface area contributed by atoms with Crippen molar-refractivity contribution in [3.8, 4) is 0 Å². The first-order valence-corrected chi connectivity index (χ1v) is 5.30. The molecule has 0 bridgehead atoms. The number of benzene rings is 1. The molecule has 3 N–H and O–H groups in total. The molecule has 0 spiro atoms. The van der Waals surface area contributed by atoms with Crippen LogP contribution in [0.5, 0.6) is 0 Å². The second-order valence-corrected chi connectivity index (χ2v) is 4.40. The van der Waals surface area contributed by atoms with Gasteiger partial charge in [-0.3, -0.25) is 0 Å². The first-order chi connectivity index (χ1) is 7.41. The lowest BCUT2D eigenvalue weighted by Crippen LogP contribution is -2.30. The first kappa shape index (κ1) is 13.1. The van der Waals surface area contributed by atoms with Gasteiger partial charge in [-0.15, -0.1) is 0 Å². The first-order valence-electron chi connectivity index (χ1n) is 5.30. The largest absolute Gasteiger partial charge is 0.387 e. The van der Waals surface area contributed by atoms with Gasteiger partial charge in [0.25, 0.3) is 0 Å². The molecule has 2 unspecified atom stereocenters. The van der Waals surface area contributed by atoms with Gasteiger partial charge in [-0.1, -0.05) is 13.8 Å². The van der Waals surface area contributed by atoms with E-state index in [0.717, 1.165) is 18.2 Å². The molecule has 4 heteroatoms. The van der Waals surface area contributed by atoms with Crippen LogP contribution in [0.25, 0.3) is 0 Å². The summed E-state index contributed by atoms with van der Waals surface area (Å²) in [4.78, 5) is 0. The fourth-order valence-corrected chi connectivity index (χ4v) is 1.65. The summed E-state index contributed by atoms with van der Waals surface area (Å²) in [6, 6.07) is 2.41. The molecule has 16 heavy (non-hydrogen) atoms. The maximum atomic E-state index is 13.3. The second-order valence-electron chi connectivity index (χ2n) is 4.40. The number of aliphatic hydroxyl groups excluding tert-OH is 1. The van der Waals surface area contributed by atoms with Crippen molar-refractivity contribution in [2.45, 2.75) is 32.4 Å². The van der Waals surface area contributed by atoms with E-state index in [2.05, 4.69) is 0 Å². The third-order valence-electron chi connectivity index (χ3n) is 2.43. The van der Waals surface area contributed by atoms with E-state index in [9.17, 15) is 13.9 Å². The molecule has 0 fully saturated rings. The van der Waals surface area contributed by atoms with E-state index in [1.807, 2.05) is 13.8 Å². The molecule has 1 rings (SSSR count). The SMILES string of the molecule is CC(C)CC(N)C(O)c1cc(F)ccc1F. The normalized spacial score (nSPS) is 15.2. The molecule has 0 aliphatic heterocycles. The fourth-order valence-electron chi connectivity index (χ4n) is 1.65. The highest BCUT2D eigenvalue weighted by atomic mass is 19.1. The summed E-state index contributed by atoms with van der Waals surface area (Å²) in [6.07, 6.45) is -0.616. The monoisotopic (exact) mass is 229 g/mol. The molecule has 0 aliphatic rings. The van der Waals surface area contributed by atoms with Crippen LogP contribution in [0, 0.1) is 17.6 Å². The maximum absolute atomic E-state index is 13.3. The van der Waals surface area contributed by atoms with Gasteiger partial charge in [-0.25, -0.2) is 8.78 Å². The molecule has 90 valence electrons. The minimum atomic E-state index is -1.17. The zero-order valence-corrected chi connectivity index (χ0v) is 9.45. The van der Waals surface area contributed by atoms with E-state index in [1.54, 1.807) is 0 Å². The Morgan fingerprint density at radius 1 is 1.31 bits per heavy atom. The molecule has 0 heterocycles. The highest BCUT2D eigenvalue weighted by Gasteiger charge is 2.21. The van der Waals surface area contributed by atoms with E-state index in [-0.39, 0.29) is 5.56 Å². The fraction of sp³-hybridized carbons (Fsp3) is 0.500. The van der Waals surface area contributed by atoms with Crippen LogP contribution in [0.15, 0.2) is 18.2 Å². The van der Waals surface area contributed by atoms with E-state index < -0.39 is 23.8 Å². The highest BCUT2D eigenvalue weighted by Crippen LogP contribution is 2.23. The third kappa shape index (κ3) is 3.25. The van der Waals surface area contributed by atoms with Crippen molar-refractivity contribution in [3.63, 3.8) is 0 Å². The Hall–Kier alpha value is -1.00. The molecule has 0 aromatic heterocycles. The lowest BCUT2D eigenvalue weighted by atomic mass is 9.95. The molecule has 2 nitrogen and oxygen atoms in total. The van der Waals surface area contributed by atoms with Gasteiger partial charge in [-0.2, -0.15) is 0 Å². The third-order valence-corrected chi connectivity index (χ3v) is 2.43. The molecular weight excluding hydrogens is 212 g/mol. The Kier molecular flexibility index (Phi) is 4.38. The minimum absolute atomic E-state index is 0.0758. The summed E-state index contributed by atoms with van der Waals surface area (Å²) < 4.78 is 26.3. The summed E-state index contributed by atoms with van der Waals surface area (Å²) in [5.74, 6) is -0.915. The van der Waals surface area contributed by atoms with E-state index in [0.29, 0.717) is 12.3 Å². The topological polar surface area (TPSA) is 46.2 Å². The van der Waals surface area contributed by atoms with Crippen molar-refractivity contribution in [3.05, 3.63) is 35.4 Å². The molecule has 0 saturated heterocycles. The second kappa shape index (κ2) is 5.37. The van der Waals surface area contributed by atoms with Crippen LogP contribution >= 0.6 is 0 Å². The maximum Gasteiger partial charge on any atom is 0.129 e. The minimum Gasteiger partial charge on any atom is -0.387 e. The van der Waals surface area contributed by atoms with Crippen molar-refractivity contribution in [1.29, 1.82) is 0 Å². The number of nitrogens with two attached hydrogens (primary N) is 1. The Bertz CT molecular complexity index is 355. The van der Waals surface area contributed by atoms with Crippen molar-refractivity contribution >= 4 is 0 Å². The number of halogens is 2. The van der Waals surface area contributed by atoms with Crippen molar-refractivity contribution < 1.29 is 13.9 Å². The molecule has 1 aromatic rings. The van der Waals surface area contributed by atoms with Gasteiger partial charge in [0.2, 0.25) is 0 Å². The molecule has 0 amide bonds. The number of rotatable bonds is 4. The summed E-state index contributed by atoms with van der Waals surface area (Å²) in [5.41, 5.74) is 5.65. The van der Waals surface area contributed by atoms with Gasteiger partial charge in [0, 0.05) is 11.6 Å². The quantitative estimate of drug-likeness (QED) is 0.832. The standard InChI is InChI=1S/C12H17F2NO/c1-7(2)5-11(15)12(16)9-6-8(13)3-4-10(9)14/h3-4,6-7,11-12,16H,5,15H2,1-2H3. The average molecular weight is 229 g/mol. The van der Waals surface area contributed by atoms with Crippen LogP contribution in [0.3, 0.4) is 0 Å². The van der Waals surface area contributed by atoms with E-state index in [4.69, 9.17) is 5.73 Å². The van der Waals surface area contributed by atoms with Gasteiger partial charge in [-0.05, 0) is 30.5 Å². The summed E-state index contributed by atoms with van der Waals surface area (Å²) >= 11 is 0. The Balaban J connectivity index is 2.86. The van der Waals surface area contributed by atoms with Crippen LogP contribution < -0.4 is 5.73 Å². The summed E-state index contributed by atoms with van der Waals surface area (Å²) in [6.45, 7) is 3.91. The Morgan fingerprint density at radius 2 is 1.94 bits per heavy atom.